The molecule has 2 aromatic heterocycles. The molecule has 0 saturated carbocycles. The summed E-state index contributed by atoms with van der Waals surface area (Å²) in [4.78, 5) is 31.6. The van der Waals surface area contributed by atoms with Crippen LogP contribution in [0.15, 0.2) is 34.4 Å². The molecule has 25 heavy (non-hydrogen) atoms. The maximum Gasteiger partial charge on any atom is 0.315 e. The molecule has 0 radical (unpaired) electrons. The first kappa shape index (κ1) is 17.6. The summed E-state index contributed by atoms with van der Waals surface area (Å²) in [5.74, 6) is 0.524. The zero-order chi connectivity index (χ0) is 17.8. The Kier molecular flexibility index (Phi) is 5.50. The molecule has 0 unspecified atom stereocenters. The first-order chi connectivity index (χ1) is 12.1. The summed E-state index contributed by atoms with van der Waals surface area (Å²) in [6, 6.07) is 6.00. The SMILES string of the molecule is CCOC(=O)CSCc1nc2scc(-c3ccc(F)cc3)c2c(=O)[nH]1. The highest BCUT2D eigenvalue weighted by Crippen LogP contribution is 2.30. The highest BCUT2D eigenvalue weighted by atomic mass is 32.2. The molecule has 3 rings (SSSR count). The Bertz CT molecular complexity index is 951. The molecule has 8 heteroatoms. The van der Waals surface area contributed by atoms with Crippen molar-refractivity contribution in [3.05, 3.63) is 51.6 Å². The average molecular weight is 378 g/mol. The minimum atomic E-state index is -0.323. The van der Waals surface area contributed by atoms with Gasteiger partial charge in [0.05, 0.1) is 23.5 Å². The van der Waals surface area contributed by atoms with Crippen molar-refractivity contribution in [3.8, 4) is 11.1 Å². The van der Waals surface area contributed by atoms with E-state index in [4.69, 9.17) is 4.74 Å². The van der Waals surface area contributed by atoms with Gasteiger partial charge in [0.15, 0.2) is 0 Å². The molecule has 0 fully saturated rings. The monoisotopic (exact) mass is 378 g/mol. The van der Waals surface area contributed by atoms with Gasteiger partial charge in [-0.15, -0.1) is 23.1 Å². The van der Waals surface area contributed by atoms with E-state index in [9.17, 15) is 14.0 Å². The number of ether oxygens (including phenoxy) is 1. The van der Waals surface area contributed by atoms with Crippen molar-refractivity contribution >= 4 is 39.3 Å². The van der Waals surface area contributed by atoms with Gasteiger partial charge in [-0.1, -0.05) is 12.1 Å². The third kappa shape index (κ3) is 4.08. The van der Waals surface area contributed by atoms with Gasteiger partial charge in [0.1, 0.15) is 16.5 Å². The zero-order valence-corrected chi connectivity index (χ0v) is 15.0. The van der Waals surface area contributed by atoms with Gasteiger partial charge in [0.2, 0.25) is 0 Å². The van der Waals surface area contributed by atoms with E-state index in [1.165, 1.54) is 35.2 Å². The number of H-pyrrole nitrogens is 1. The number of aromatic nitrogens is 2. The number of carbonyl (C=O) groups is 1. The third-order valence-electron chi connectivity index (χ3n) is 3.41. The predicted molar refractivity (Wildman–Crippen MR) is 98.4 cm³/mol. The number of fused-ring (bicyclic) bond motifs is 1. The van der Waals surface area contributed by atoms with E-state index >= 15 is 0 Å². The molecule has 1 aromatic carbocycles. The summed E-state index contributed by atoms with van der Waals surface area (Å²) in [6.45, 7) is 2.10. The van der Waals surface area contributed by atoms with Crippen molar-refractivity contribution in [2.24, 2.45) is 0 Å². The Morgan fingerprint density at radius 3 is 2.84 bits per heavy atom. The number of carbonyl (C=O) groups excluding carboxylic acids is 1. The number of rotatable bonds is 6. The largest absolute Gasteiger partial charge is 0.465 e. The molecule has 5 nitrogen and oxygen atoms in total. The third-order valence-corrected chi connectivity index (χ3v) is 5.20. The number of esters is 1. The highest BCUT2D eigenvalue weighted by Gasteiger charge is 2.13. The fourth-order valence-electron chi connectivity index (χ4n) is 2.34. The highest BCUT2D eigenvalue weighted by molar-refractivity contribution is 7.99. The molecule has 130 valence electrons. The quantitative estimate of drug-likeness (QED) is 0.664. The second kappa shape index (κ2) is 7.79. The Balaban J connectivity index is 1.83. The van der Waals surface area contributed by atoms with Crippen LogP contribution in [0.4, 0.5) is 4.39 Å². The number of hydrogen-bond donors (Lipinski definition) is 1. The van der Waals surface area contributed by atoms with Crippen LogP contribution in [-0.4, -0.2) is 28.3 Å². The predicted octanol–water partition coefficient (Wildman–Crippen LogP) is 3.59. The van der Waals surface area contributed by atoms with Gasteiger partial charge in [-0.25, -0.2) is 9.37 Å². The lowest BCUT2D eigenvalue weighted by atomic mass is 10.1. The van der Waals surface area contributed by atoms with Gasteiger partial charge in [-0.3, -0.25) is 9.59 Å². The van der Waals surface area contributed by atoms with Gasteiger partial charge in [0, 0.05) is 10.9 Å². The molecule has 0 aliphatic carbocycles. The van der Waals surface area contributed by atoms with Gasteiger partial charge >= 0.3 is 5.97 Å². The van der Waals surface area contributed by atoms with Crippen LogP contribution in [-0.2, 0) is 15.3 Å². The van der Waals surface area contributed by atoms with Gasteiger partial charge in [-0.2, -0.15) is 0 Å². The fourth-order valence-corrected chi connectivity index (χ4v) is 3.99. The minimum absolute atomic E-state index is 0.209. The van der Waals surface area contributed by atoms with E-state index in [0.717, 1.165) is 11.1 Å². The summed E-state index contributed by atoms with van der Waals surface area (Å²) < 4.78 is 17.9. The van der Waals surface area contributed by atoms with Crippen LogP contribution in [0.25, 0.3) is 21.3 Å². The topological polar surface area (TPSA) is 72.0 Å². The molecule has 0 saturated heterocycles. The maximum absolute atomic E-state index is 13.1. The van der Waals surface area contributed by atoms with Crippen LogP contribution in [0.3, 0.4) is 0 Å². The van der Waals surface area contributed by atoms with E-state index in [1.54, 1.807) is 19.1 Å². The molecule has 0 amide bonds. The van der Waals surface area contributed by atoms with E-state index in [0.29, 0.717) is 28.4 Å². The molecule has 0 spiro atoms. The van der Waals surface area contributed by atoms with Crippen LogP contribution < -0.4 is 5.56 Å². The summed E-state index contributed by atoms with van der Waals surface area (Å²) in [5.41, 5.74) is 1.26. The summed E-state index contributed by atoms with van der Waals surface area (Å²) in [6.07, 6.45) is 0. The second-order valence-electron chi connectivity index (χ2n) is 5.15. The average Bonchev–Trinajstić information content (AvgIpc) is 3.00. The van der Waals surface area contributed by atoms with Crippen molar-refractivity contribution in [3.63, 3.8) is 0 Å². The number of nitrogens with zero attached hydrogens (tertiary/aromatic N) is 1. The van der Waals surface area contributed by atoms with Crippen LogP contribution in [0, 0.1) is 5.82 Å². The lowest BCUT2D eigenvalue weighted by molar-refractivity contribution is -0.139. The smallest absolute Gasteiger partial charge is 0.315 e. The van der Waals surface area contributed by atoms with E-state index in [-0.39, 0.29) is 23.1 Å². The Hall–Kier alpha value is -2.19. The van der Waals surface area contributed by atoms with Gasteiger partial charge in [-0.05, 0) is 24.6 Å². The zero-order valence-electron chi connectivity index (χ0n) is 13.4. The van der Waals surface area contributed by atoms with E-state index < -0.39 is 0 Å². The van der Waals surface area contributed by atoms with Crippen molar-refractivity contribution in [2.45, 2.75) is 12.7 Å². The maximum atomic E-state index is 13.1. The van der Waals surface area contributed by atoms with Crippen LogP contribution in [0.5, 0.6) is 0 Å². The van der Waals surface area contributed by atoms with Crippen molar-refractivity contribution in [2.75, 3.05) is 12.4 Å². The minimum Gasteiger partial charge on any atom is -0.465 e. The number of nitrogens with one attached hydrogen (secondary N) is 1. The normalized spacial score (nSPS) is 11.0. The standard InChI is InChI=1S/C17H15FN2O3S2/c1-2-23-14(21)9-24-8-13-19-16(22)15-12(7-25-17(15)20-13)10-3-5-11(18)6-4-10/h3-7H,2,8-9H2,1H3,(H,19,20,22). The molecular formula is C17H15FN2O3S2. The lowest BCUT2D eigenvalue weighted by Gasteiger charge is -2.03. The molecular weight excluding hydrogens is 363 g/mol. The number of benzene rings is 1. The summed E-state index contributed by atoms with van der Waals surface area (Å²) >= 11 is 2.70. The van der Waals surface area contributed by atoms with E-state index in [2.05, 4.69) is 9.97 Å². The molecule has 0 aliphatic heterocycles. The molecule has 2 heterocycles. The van der Waals surface area contributed by atoms with Crippen molar-refractivity contribution in [1.29, 1.82) is 0 Å². The molecule has 0 bridgehead atoms. The number of thiophene rings is 1. The number of halogens is 1. The molecule has 0 aliphatic rings. The Morgan fingerprint density at radius 1 is 1.36 bits per heavy atom. The summed E-state index contributed by atoms with van der Waals surface area (Å²) in [5, 5.41) is 2.34. The molecule has 0 atom stereocenters. The first-order valence-electron chi connectivity index (χ1n) is 7.58. The fraction of sp³-hybridized carbons (Fsp3) is 0.235. The van der Waals surface area contributed by atoms with Crippen molar-refractivity contribution < 1.29 is 13.9 Å². The second-order valence-corrected chi connectivity index (χ2v) is 6.99. The van der Waals surface area contributed by atoms with Crippen LogP contribution in [0.1, 0.15) is 12.7 Å². The van der Waals surface area contributed by atoms with E-state index in [1.807, 2.05) is 5.38 Å². The molecule has 3 aromatic rings. The lowest BCUT2D eigenvalue weighted by Crippen LogP contribution is -2.12. The van der Waals surface area contributed by atoms with Gasteiger partial charge < -0.3 is 9.72 Å². The Morgan fingerprint density at radius 2 is 2.12 bits per heavy atom. The molecule has 1 N–H and O–H groups in total. The summed E-state index contributed by atoms with van der Waals surface area (Å²) in [7, 11) is 0. The first-order valence-corrected chi connectivity index (χ1v) is 9.61. The van der Waals surface area contributed by atoms with Crippen LogP contribution >= 0.6 is 23.1 Å². The number of aromatic amines is 1. The number of thioether (sulfide) groups is 1. The van der Waals surface area contributed by atoms with Gasteiger partial charge in [0.25, 0.3) is 5.56 Å². The number of hydrogen-bond acceptors (Lipinski definition) is 6. The Labute approximate surface area is 151 Å². The van der Waals surface area contributed by atoms with Crippen molar-refractivity contribution in [1.82, 2.24) is 9.97 Å². The van der Waals surface area contributed by atoms with Crippen LogP contribution in [0.2, 0.25) is 0 Å².